The van der Waals surface area contributed by atoms with Gasteiger partial charge in [0.1, 0.15) is 12.2 Å². The Bertz CT molecular complexity index is 605. The number of benzene rings is 1. The highest BCUT2D eigenvalue weighted by Gasteiger charge is 2.11. The Morgan fingerprint density at radius 2 is 2.11 bits per heavy atom. The molecule has 1 aromatic carbocycles. The van der Waals surface area contributed by atoms with Crippen LogP contribution in [0.1, 0.15) is 5.82 Å². The summed E-state index contributed by atoms with van der Waals surface area (Å²) in [5.74, 6) is 0.320. The third-order valence-corrected chi connectivity index (χ3v) is 2.41. The predicted octanol–water partition coefficient (Wildman–Crippen LogP) is 1.10. The SMILES string of the molecule is COC(=O)Cc1nc(-c2ccc([N+](=O)[O-])cc2)n[nH]1. The van der Waals surface area contributed by atoms with Crippen molar-refractivity contribution >= 4 is 11.7 Å². The molecular formula is C11H10N4O4. The molecule has 0 spiro atoms. The second kappa shape index (κ2) is 5.25. The minimum Gasteiger partial charge on any atom is -0.469 e. The Kier molecular flexibility index (Phi) is 3.51. The number of rotatable bonds is 4. The summed E-state index contributed by atoms with van der Waals surface area (Å²) in [6.07, 6.45) is -0.00349. The number of non-ortho nitro benzene ring substituents is 1. The molecule has 0 bridgehead atoms. The van der Waals surface area contributed by atoms with E-state index < -0.39 is 10.9 Å². The van der Waals surface area contributed by atoms with Crippen LogP contribution in [0, 0.1) is 10.1 Å². The minimum atomic E-state index is -0.482. The summed E-state index contributed by atoms with van der Waals surface area (Å²) in [6, 6.07) is 5.82. The van der Waals surface area contributed by atoms with E-state index in [9.17, 15) is 14.9 Å². The number of methoxy groups -OCH3 is 1. The van der Waals surface area contributed by atoms with Gasteiger partial charge in [-0.2, -0.15) is 5.10 Å². The molecule has 1 N–H and O–H groups in total. The van der Waals surface area contributed by atoms with E-state index in [1.54, 1.807) is 12.1 Å². The van der Waals surface area contributed by atoms with Gasteiger partial charge in [-0.25, -0.2) is 4.98 Å². The van der Waals surface area contributed by atoms with E-state index in [-0.39, 0.29) is 12.1 Å². The lowest BCUT2D eigenvalue weighted by molar-refractivity contribution is -0.384. The first kappa shape index (κ1) is 12.7. The molecule has 2 aromatic rings. The van der Waals surface area contributed by atoms with Crippen LogP contribution in [0.5, 0.6) is 0 Å². The summed E-state index contributed by atoms with van der Waals surface area (Å²) in [4.78, 5) is 25.2. The zero-order valence-electron chi connectivity index (χ0n) is 9.99. The molecule has 1 aromatic heterocycles. The van der Waals surface area contributed by atoms with E-state index in [2.05, 4.69) is 19.9 Å². The van der Waals surface area contributed by atoms with Crippen LogP contribution in [0.2, 0.25) is 0 Å². The Balaban J connectivity index is 2.18. The van der Waals surface area contributed by atoms with Gasteiger partial charge in [0.15, 0.2) is 5.82 Å². The van der Waals surface area contributed by atoms with Gasteiger partial charge in [-0.15, -0.1) is 0 Å². The number of nitro benzene ring substituents is 1. The van der Waals surface area contributed by atoms with Crippen LogP contribution in [0.15, 0.2) is 24.3 Å². The first-order valence-corrected chi connectivity index (χ1v) is 5.33. The molecule has 0 unspecified atom stereocenters. The first-order valence-electron chi connectivity index (χ1n) is 5.33. The van der Waals surface area contributed by atoms with Crippen LogP contribution in [0.3, 0.4) is 0 Å². The Hall–Kier alpha value is -2.77. The van der Waals surface area contributed by atoms with Crippen LogP contribution < -0.4 is 0 Å². The van der Waals surface area contributed by atoms with Crippen molar-refractivity contribution < 1.29 is 14.5 Å². The molecule has 0 saturated heterocycles. The summed E-state index contributed by atoms with van der Waals surface area (Å²) in [7, 11) is 1.29. The molecule has 8 nitrogen and oxygen atoms in total. The topological polar surface area (TPSA) is 111 Å². The smallest absolute Gasteiger partial charge is 0.313 e. The average molecular weight is 262 g/mol. The highest BCUT2D eigenvalue weighted by atomic mass is 16.6. The number of hydrogen-bond acceptors (Lipinski definition) is 6. The van der Waals surface area contributed by atoms with Crippen molar-refractivity contribution in [2.24, 2.45) is 0 Å². The van der Waals surface area contributed by atoms with E-state index in [4.69, 9.17) is 0 Å². The highest BCUT2D eigenvalue weighted by Crippen LogP contribution is 2.19. The van der Waals surface area contributed by atoms with Gasteiger partial charge >= 0.3 is 5.97 Å². The number of H-pyrrole nitrogens is 1. The van der Waals surface area contributed by atoms with Gasteiger partial charge in [0.2, 0.25) is 0 Å². The van der Waals surface area contributed by atoms with E-state index >= 15 is 0 Å². The molecule has 0 radical (unpaired) electrons. The van der Waals surface area contributed by atoms with Crippen LogP contribution in [-0.4, -0.2) is 33.2 Å². The molecule has 19 heavy (non-hydrogen) atoms. The predicted molar refractivity (Wildman–Crippen MR) is 64.2 cm³/mol. The standard InChI is InChI=1S/C11H10N4O4/c1-19-10(16)6-9-12-11(14-13-9)7-2-4-8(5-3-7)15(17)18/h2-5H,6H2,1H3,(H,12,13,14). The summed E-state index contributed by atoms with van der Waals surface area (Å²) in [5.41, 5.74) is 0.618. The van der Waals surface area contributed by atoms with Gasteiger partial charge < -0.3 is 4.74 Å². The van der Waals surface area contributed by atoms with Crippen LogP contribution >= 0.6 is 0 Å². The molecule has 0 aliphatic rings. The Morgan fingerprint density at radius 1 is 1.42 bits per heavy atom. The van der Waals surface area contributed by atoms with Gasteiger partial charge in [0, 0.05) is 17.7 Å². The normalized spacial score (nSPS) is 10.2. The molecule has 2 rings (SSSR count). The molecule has 0 amide bonds. The third-order valence-electron chi connectivity index (χ3n) is 2.41. The summed E-state index contributed by atoms with van der Waals surface area (Å²) in [6.45, 7) is 0. The molecule has 0 aliphatic heterocycles. The molecule has 0 fully saturated rings. The van der Waals surface area contributed by atoms with Crippen molar-refractivity contribution in [2.75, 3.05) is 7.11 Å². The lowest BCUT2D eigenvalue weighted by Gasteiger charge is -1.95. The van der Waals surface area contributed by atoms with Gasteiger partial charge in [-0.1, -0.05) is 0 Å². The van der Waals surface area contributed by atoms with E-state index in [1.165, 1.54) is 19.2 Å². The van der Waals surface area contributed by atoms with Crippen molar-refractivity contribution in [1.29, 1.82) is 0 Å². The Morgan fingerprint density at radius 3 is 2.68 bits per heavy atom. The van der Waals surface area contributed by atoms with Crippen molar-refractivity contribution in [3.63, 3.8) is 0 Å². The largest absolute Gasteiger partial charge is 0.469 e. The van der Waals surface area contributed by atoms with Crippen LogP contribution in [0.4, 0.5) is 5.69 Å². The zero-order valence-corrected chi connectivity index (χ0v) is 9.99. The van der Waals surface area contributed by atoms with Crippen LogP contribution in [-0.2, 0) is 16.0 Å². The number of hydrogen-bond donors (Lipinski definition) is 1. The highest BCUT2D eigenvalue weighted by molar-refractivity contribution is 5.71. The number of nitrogens with zero attached hydrogens (tertiary/aromatic N) is 3. The van der Waals surface area contributed by atoms with E-state index in [0.29, 0.717) is 17.2 Å². The third kappa shape index (κ3) is 2.92. The fourth-order valence-electron chi connectivity index (χ4n) is 1.44. The fraction of sp³-hybridized carbons (Fsp3) is 0.182. The second-order valence-corrected chi connectivity index (χ2v) is 3.66. The maximum absolute atomic E-state index is 11.1. The summed E-state index contributed by atoms with van der Waals surface area (Å²) >= 11 is 0. The number of aromatic nitrogens is 3. The summed E-state index contributed by atoms with van der Waals surface area (Å²) < 4.78 is 4.51. The zero-order chi connectivity index (χ0) is 13.8. The number of nitro groups is 1. The summed E-state index contributed by atoms with van der Waals surface area (Å²) in [5, 5.41) is 17.1. The van der Waals surface area contributed by atoms with Gasteiger partial charge in [0.25, 0.3) is 5.69 Å². The van der Waals surface area contributed by atoms with Gasteiger partial charge in [0.05, 0.1) is 12.0 Å². The van der Waals surface area contributed by atoms with Crippen molar-refractivity contribution in [2.45, 2.75) is 6.42 Å². The second-order valence-electron chi connectivity index (χ2n) is 3.66. The van der Waals surface area contributed by atoms with Gasteiger partial charge in [-0.05, 0) is 12.1 Å². The fourth-order valence-corrected chi connectivity index (χ4v) is 1.44. The molecule has 1 heterocycles. The van der Waals surface area contributed by atoms with Crippen molar-refractivity contribution in [3.8, 4) is 11.4 Å². The van der Waals surface area contributed by atoms with Gasteiger partial charge in [-0.3, -0.25) is 20.0 Å². The van der Waals surface area contributed by atoms with Crippen LogP contribution in [0.25, 0.3) is 11.4 Å². The number of nitrogens with one attached hydrogen (secondary N) is 1. The maximum atomic E-state index is 11.1. The molecule has 8 heteroatoms. The molecule has 0 saturated carbocycles. The Labute approximate surface area is 107 Å². The number of aromatic amines is 1. The quantitative estimate of drug-likeness (QED) is 0.501. The maximum Gasteiger partial charge on any atom is 0.313 e. The average Bonchev–Trinajstić information content (AvgIpc) is 2.87. The lowest BCUT2D eigenvalue weighted by atomic mass is 10.2. The monoisotopic (exact) mass is 262 g/mol. The molecular weight excluding hydrogens is 252 g/mol. The lowest BCUT2D eigenvalue weighted by Crippen LogP contribution is -2.05. The molecule has 0 atom stereocenters. The molecule has 98 valence electrons. The molecule has 0 aliphatic carbocycles. The number of esters is 1. The number of carbonyl (C=O) groups is 1. The van der Waals surface area contributed by atoms with E-state index in [0.717, 1.165) is 0 Å². The van der Waals surface area contributed by atoms with E-state index in [1.807, 2.05) is 0 Å². The van der Waals surface area contributed by atoms with Crippen molar-refractivity contribution in [3.05, 3.63) is 40.2 Å². The number of carbonyl (C=O) groups excluding carboxylic acids is 1. The van der Waals surface area contributed by atoms with Crippen molar-refractivity contribution in [1.82, 2.24) is 15.2 Å². The minimum absolute atomic E-state index is 0.00349. The first-order chi connectivity index (χ1) is 9.10. The number of ether oxygens (including phenoxy) is 1.